The van der Waals surface area contributed by atoms with E-state index in [2.05, 4.69) is 30.0 Å². The number of allylic oxidation sites excluding steroid dienone is 1. The van der Waals surface area contributed by atoms with Crippen LogP contribution in [0.4, 0.5) is 0 Å². The lowest BCUT2D eigenvalue weighted by Gasteiger charge is -2.50. The van der Waals surface area contributed by atoms with Crippen molar-refractivity contribution in [2.24, 2.45) is 17.6 Å². The molecule has 1 aliphatic heterocycles. The van der Waals surface area contributed by atoms with Crippen LogP contribution in [0.3, 0.4) is 0 Å². The molecule has 2 aromatic rings. The van der Waals surface area contributed by atoms with E-state index >= 15 is 0 Å². The van der Waals surface area contributed by atoms with E-state index in [1.54, 1.807) is 19.0 Å². The molecule has 45 heavy (non-hydrogen) atoms. The molecular weight excluding hydrogens is 574 g/mol. The molecule has 6 N–H and O–H groups in total. The first-order valence-corrected chi connectivity index (χ1v) is 15.7. The van der Waals surface area contributed by atoms with Crippen molar-refractivity contribution in [3.8, 4) is 16.9 Å². The van der Waals surface area contributed by atoms with Crippen LogP contribution < -0.4 is 5.73 Å². The first-order chi connectivity index (χ1) is 21.4. The second kappa shape index (κ2) is 11.4. The van der Waals surface area contributed by atoms with Gasteiger partial charge < -0.3 is 26.2 Å². The van der Waals surface area contributed by atoms with Crippen molar-refractivity contribution in [2.75, 3.05) is 27.2 Å². The summed E-state index contributed by atoms with van der Waals surface area (Å²) in [7, 11) is 3.24. The molecule has 0 bridgehead atoms. The van der Waals surface area contributed by atoms with E-state index in [0.29, 0.717) is 5.56 Å². The third-order valence-corrected chi connectivity index (χ3v) is 10.3. The smallest absolute Gasteiger partial charge is 0.255 e. The van der Waals surface area contributed by atoms with Gasteiger partial charge in [-0.15, -0.1) is 0 Å². The quantitative estimate of drug-likeness (QED) is 0.307. The SMILES string of the molecule is CCc1ccc(CN2CCCCC2)cc1-c1ccc(O)c2c1C[C@H]1C[C@H]3[C@H](N(C)C)C(O)=C(C(N)=O)C(=O)[C@@]3(O)C(O)=C1C2=O. The predicted molar refractivity (Wildman–Crippen MR) is 168 cm³/mol. The van der Waals surface area contributed by atoms with Gasteiger partial charge in [-0.05, 0) is 105 Å². The maximum absolute atomic E-state index is 14.2. The number of likely N-dealkylation sites (N-methyl/N-ethyl adjacent to an activating group) is 1. The van der Waals surface area contributed by atoms with Gasteiger partial charge in [0.15, 0.2) is 11.4 Å². The number of aliphatic hydroxyl groups is 3. The van der Waals surface area contributed by atoms with E-state index in [4.69, 9.17) is 5.73 Å². The van der Waals surface area contributed by atoms with Crippen molar-refractivity contribution < 1.29 is 34.8 Å². The maximum atomic E-state index is 14.2. The number of fused-ring (bicyclic) bond motifs is 3. The molecule has 1 heterocycles. The lowest BCUT2D eigenvalue weighted by Crippen LogP contribution is -2.63. The Hall–Kier alpha value is -3.99. The highest BCUT2D eigenvalue weighted by molar-refractivity contribution is 6.25. The van der Waals surface area contributed by atoms with Crippen LogP contribution in [-0.2, 0) is 29.0 Å². The minimum absolute atomic E-state index is 0.0248. The molecule has 3 aliphatic carbocycles. The van der Waals surface area contributed by atoms with Crippen LogP contribution >= 0.6 is 0 Å². The molecule has 0 aromatic heterocycles. The standard InChI is InChI=1S/C35H41N3O7/c1-4-19-9-8-18(17-38-12-6-5-7-13-38)14-22(19)21-10-11-25(39)27-23(21)15-20-16-24-29(37(2)3)31(41)28(34(36)44)33(43)35(24,45)32(42)26(20)30(27)40/h8-11,14,20,24,29,39,41-42,45H,4-7,12-13,15-17H2,1-3H3,(H2,36,44)/t20-,24-,29-,35-/m0/s1. The first kappa shape index (κ1) is 31.0. The number of phenols is 1. The summed E-state index contributed by atoms with van der Waals surface area (Å²) in [5, 5.41) is 45.5. The fourth-order valence-corrected chi connectivity index (χ4v) is 8.16. The average molecular weight is 616 g/mol. The number of aromatic hydroxyl groups is 1. The minimum atomic E-state index is -2.66. The normalized spacial score (nSPS) is 27.0. The number of aliphatic hydroxyl groups excluding tert-OH is 2. The number of nitrogens with two attached hydrogens (primary N) is 1. The zero-order chi connectivity index (χ0) is 32.4. The third kappa shape index (κ3) is 4.78. The first-order valence-electron chi connectivity index (χ1n) is 15.7. The fraction of sp³-hybridized carbons (Fsp3) is 0.457. The van der Waals surface area contributed by atoms with Crippen molar-refractivity contribution in [2.45, 2.75) is 63.6 Å². The Morgan fingerprint density at radius 1 is 1.04 bits per heavy atom. The predicted octanol–water partition coefficient (Wildman–Crippen LogP) is 3.34. The number of primary amides is 1. The van der Waals surface area contributed by atoms with E-state index in [9.17, 15) is 34.8 Å². The number of carbonyl (C=O) groups is 3. The number of benzene rings is 2. The number of hydrogen-bond acceptors (Lipinski definition) is 9. The second-order valence-corrected chi connectivity index (χ2v) is 13.1. The Kier molecular flexibility index (Phi) is 7.87. The number of ketones is 2. The lowest BCUT2D eigenvalue weighted by atomic mass is 9.58. The summed E-state index contributed by atoms with van der Waals surface area (Å²) in [6.07, 6.45) is 4.68. The minimum Gasteiger partial charge on any atom is -0.510 e. The monoisotopic (exact) mass is 615 g/mol. The molecule has 10 heteroatoms. The molecule has 1 amide bonds. The summed E-state index contributed by atoms with van der Waals surface area (Å²) < 4.78 is 0. The molecule has 0 radical (unpaired) electrons. The molecular formula is C35H41N3O7. The topological polar surface area (TPSA) is 165 Å². The van der Waals surface area contributed by atoms with Gasteiger partial charge in [-0.2, -0.15) is 0 Å². The van der Waals surface area contributed by atoms with Crippen LogP contribution in [0.2, 0.25) is 0 Å². The largest absolute Gasteiger partial charge is 0.510 e. The Morgan fingerprint density at radius 2 is 1.76 bits per heavy atom. The van der Waals surface area contributed by atoms with Crippen LogP contribution in [0.25, 0.3) is 11.1 Å². The molecule has 238 valence electrons. The number of aryl methyl sites for hydroxylation is 1. The number of piperidine rings is 1. The molecule has 0 saturated carbocycles. The highest BCUT2D eigenvalue weighted by atomic mass is 16.3. The number of likely N-dealkylation sites (tertiary alicyclic amines) is 1. The average Bonchev–Trinajstić information content (AvgIpc) is 2.99. The van der Waals surface area contributed by atoms with Crippen LogP contribution in [0, 0.1) is 11.8 Å². The molecule has 1 saturated heterocycles. The van der Waals surface area contributed by atoms with Crippen molar-refractivity contribution >= 4 is 17.5 Å². The molecule has 1 fully saturated rings. The number of rotatable bonds is 6. The molecule has 2 aromatic carbocycles. The highest BCUT2D eigenvalue weighted by Crippen LogP contribution is 2.53. The molecule has 4 atom stereocenters. The molecule has 0 unspecified atom stereocenters. The van der Waals surface area contributed by atoms with Gasteiger partial charge >= 0.3 is 0 Å². The summed E-state index contributed by atoms with van der Waals surface area (Å²) >= 11 is 0. The molecule has 4 aliphatic rings. The van der Waals surface area contributed by atoms with E-state index in [1.165, 1.54) is 25.3 Å². The van der Waals surface area contributed by atoms with Crippen LogP contribution in [0.1, 0.15) is 59.7 Å². The van der Waals surface area contributed by atoms with Gasteiger partial charge in [0.25, 0.3) is 5.91 Å². The summed E-state index contributed by atoms with van der Waals surface area (Å²) in [6, 6.07) is 8.71. The number of hydrogen-bond donors (Lipinski definition) is 5. The summed E-state index contributed by atoms with van der Waals surface area (Å²) in [4.78, 5) is 44.0. The number of phenolic OH excluding ortho intramolecular Hbond substituents is 1. The van der Waals surface area contributed by atoms with Crippen LogP contribution in [0.15, 0.2) is 53.0 Å². The Morgan fingerprint density at radius 3 is 2.40 bits per heavy atom. The third-order valence-electron chi connectivity index (χ3n) is 10.3. The van der Waals surface area contributed by atoms with Gasteiger partial charge in [0.05, 0.1) is 11.6 Å². The van der Waals surface area contributed by atoms with Gasteiger partial charge in [0.2, 0.25) is 5.78 Å². The molecule has 6 rings (SSSR count). The Balaban J connectivity index is 1.48. The molecule has 0 spiro atoms. The van der Waals surface area contributed by atoms with Crippen molar-refractivity contribution in [3.63, 3.8) is 0 Å². The van der Waals surface area contributed by atoms with Crippen molar-refractivity contribution in [1.29, 1.82) is 0 Å². The van der Waals surface area contributed by atoms with Crippen LogP contribution in [0.5, 0.6) is 5.75 Å². The van der Waals surface area contributed by atoms with Gasteiger partial charge in [-0.25, -0.2) is 0 Å². The summed E-state index contributed by atoms with van der Waals surface area (Å²) in [6.45, 7) is 5.02. The zero-order valence-electron chi connectivity index (χ0n) is 26.0. The van der Waals surface area contributed by atoms with Crippen LogP contribution in [-0.4, -0.2) is 86.5 Å². The Labute approximate surface area is 262 Å². The lowest BCUT2D eigenvalue weighted by molar-refractivity contribution is -0.148. The van der Waals surface area contributed by atoms with Crippen molar-refractivity contribution in [1.82, 2.24) is 9.80 Å². The van der Waals surface area contributed by atoms with Gasteiger partial charge in [-0.1, -0.05) is 31.5 Å². The van der Waals surface area contributed by atoms with E-state index in [0.717, 1.165) is 48.3 Å². The number of carbonyl (C=O) groups excluding carboxylic acids is 3. The van der Waals surface area contributed by atoms with E-state index < -0.39 is 58.0 Å². The second-order valence-electron chi connectivity index (χ2n) is 13.1. The van der Waals surface area contributed by atoms with Gasteiger partial charge in [0.1, 0.15) is 22.8 Å². The zero-order valence-corrected chi connectivity index (χ0v) is 26.0. The molecule has 10 nitrogen and oxygen atoms in total. The summed E-state index contributed by atoms with van der Waals surface area (Å²) in [5.74, 6) is -6.55. The number of Topliss-reactive ketones (excluding diaryl/α,β-unsaturated/α-hetero) is 2. The van der Waals surface area contributed by atoms with E-state index in [1.807, 2.05) is 6.07 Å². The maximum Gasteiger partial charge on any atom is 0.255 e. The summed E-state index contributed by atoms with van der Waals surface area (Å²) in [5.41, 5.74) is 6.52. The number of amides is 1. The van der Waals surface area contributed by atoms with E-state index in [-0.39, 0.29) is 29.7 Å². The van der Waals surface area contributed by atoms with Crippen molar-refractivity contribution in [3.05, 3.63) is 75.3 Å². The fourth-order valence-electron chi connectivity index (χ4n) is 8.16. The van der Waals surface area contributed by atoms with Gasteiger partial charge in [0, 0.05) is 18.0 Å². The Bertz CT molecular complexity index is 1670. The number of nitrogens with zero attached hydrogens (tertiary/aromatic N) is 2. The van der Waals surface area contributed by atoms with Gasteiger partial charge in [-0.3, -0.25) is 24.2 Å². The highest BCUT2D eigenvalue weighted by Gasteiger charge is 2.63.